The molecule has 0 spiro atoms. The van der Waals surface area contributed by atoms with Crippen molar-refractivity contribution in [2.24, 2.45) is 0 Å². The Hall–Kier alpha value is -3.08. The van der Waals surface area contributed by atoms with Crippen LogP contribution in [0.25, 0.3) is 11.3 Å². The Bertz CT molecular complexity index is 904. The first-order valence-electron chi connectivity index (χ1n) is 9.53. The molecular weight excluding hydrogens is 348 g/mol. The third-order valence-corrected chi connectivity index (χ3v) is 4.17. The van der Waals surface area contributed by atoms with Crippen molar-refractivity contribution >= 4 is 11.8 Å². The van der Waals surface area contributed by atoms with E-state index >= 15 is 0 Å². The number of aromatic nitrogens is 2. The van der Waals surface area contributed by atoms with E-state index in [9.17, 15) is 0 Å². The fourth-order valence-electron chi connectivity index (χ4n) is 2.95. The van der Waals surface area contributed by atoms with Crippen LogP contribution < -0.4 is 15.4 Å². The molecular formula is C23H28N4O. The molecule has 5 nitrogen and oxygen atoms in total. The number of ether oxygens (including phenoxy) is 1. The van der Waals surface area contributed by atoms with Gasteiger partial charge in [0, 0.05) is 23.7 Å². The lowest BCUT2D eigenvalue weighted by Gasteiger charge is -2.22. The zero-order valence-electron chi connectivity index (χ0n) is 17.0. The minimum absolute atomic E-state index is 0.0863. The highest BCUT2D eigenvalue weighted by Gasteiger charge is 2.13. The minimum Gasteiger partial charge on any atom is -0.496 e. The van der Waals surface area contributed by atoms with Gasteiger partial charge in [-0.2, -0.15) is 4.98 Å². The summed E-state index contributed by atoms with van der Waals surface area (Å²) in [6.45, 7) is 7.07. The van der Waals surface area contributed by atoms with Gasteiger partial charge in [-0.1, -0.05) is 48.5 Å². The molecule has 3 rings (SSSR count). The Labute approximate surface area is 167 Å². The standard InChI is InChI=1S/C23H28N4O/c1-23(2,3)27-21-16-19(17-10-6-5-7-11-17)25-22(26-21)24-15-14-18-12-8-9-13-20(18)28-4/h5-13,16H,14-15H2,1-4H3,(H2,24,25,26,27). The van der Waals surface area contributed by atoms with E-state index in [1.807, 2.05) is 42.5 Å². The summed E-state index contributed by atoms with van der Waals surface area (Å²) in [6.07, 6.45) is 0.824. The highest BCUT2D eigenvalue weighted by molar-refractivity contribution is 5.64. The zero-order chi connectivity index (χ0) is 20.0. The summed E-state index contributed by atoms with van der Waals surface area (Å²) >= 11 is 0. The van der Waals surface area contributed by atoms with Gasteiger partial charge in [0.05, 0.1) is 12.8 Å². The summed E-state index contributed by atoms with van der Waals surface area (Å²) in [6, 6.07) is 20.2. The van der Waals surface area contributed by atoms with Crippen LogP contribution in [0.4, 0.5) is 11.8 Å². The average molecular weight is 377 g/mol. The van der Waals surface area contributed by atoms with Crippen molar-refractivity contribution in [3.8, 4) is 17.0 Å². The summed E-state index contributed by atoms with van der Waals surface area (Å²) in [5, 5.41) is 6.81. The molecule has 0 unspecified atom stereocenters. The largest absolute Gasteiger partial charge is 0.496 e. The number of para-hydroxylation sites is 1. The van der Waals surface area contributed by atoms with Gasteiger partial charge in [0.1, 0.15) is 11.6 Å². The van der Waals surface area contributed by atoms with E-state index in [1.165, 1.54) is 0 Å². The normalized spacial score (nSPS) is 11.1. The van der Waals surface area contributed by atoms with Crippen LogP contribution >= 0.6 is 0 Å². The second kappa shape index (κ2) is 8.74. The van der Waals surface area contributed by atoms with Gasteiger partial charge >= 0.3 is 0 Å². The summed E-state index contributed by atoms with van der Waals surface area (Å²) in [7, 11) is 1.70. The van der Waals surface area contributed by atoms with Crippen LogP contribution in [0.2, 0.25) is 0 Å². The Kier molecular flexibility index (Phi) is 6.14. The number of anilines is 2. The molecule has 1 heterocycles. The van der Waals surface area contributed by atoms with Crippen molar-refractivity contribution in [2.75, 3.05) is 24.3 Å². The number of hydrogen-bond donors (Lipinski definition) is 2. The molecule has 146 valence electrons. The van der Waals surface area contributed by atoms with E-state index < -0.39 is 0 Å². The van der Waals surface area contributed by atoms with Gasteiger partial charge in [0.15, 0.2) is 0 Å². The molecule has 28 heavy (non-hydrogen) atoms. The van der Waals surface area contributed by atoms with Crippen molar-refractivity contribution in [2.45, 2.75) is 32.7 Å². The molecule has 0 radical (unpaired) electrons. The molecule has 1 aromatic heterocycles. The first-order valence-corrected chi connectivity index (χ1v) is 9.53. The highest BCUT2D eigenvalue weighted by atomic mass is 16.5. The number of benzene rings is 2. The molecule has 0 fully saturated rings. The van der Waals surface area contributed by atoms with E-state index in [2.05, 4.69) is 54.6 Å². The van der Waals surface area contributed by atoms with Crippen LogP contribution in [0.3, 0.4) is 0 Å². The molecule has 0 bridgehead atoms. The van der Waals surface area contributed by atoms with Gasteiger partial charge < -0.3 is 15.4 Å². The second-order valence-corrected chi connectivity index (χ2v) is 7.69. The van der Waals surface area contributed by atoms with E-state index in [1.54, 1.807) is 7.11 Å². The molecule has 0 amide bonds. The Morgan fingerprint density at radius 3 is 2.36 bits per heavy atom. The topological polar surface area (TPSA) is 59.1 Å². The molecule has 2 N–H and O–H groups in total. The minimum atomic E-state index is -0.0863. The van der Waals surface area contributed by atoms with Crippen molar-refractivity contribution < 1.29 is 4.74 Å². The van der Waals surface area contributed by atoms with Crippen LogP contribution in [0, 0.1) is 0 Å². The van der Waals surface area contributed by atoms with Gasteiger partial charge in [0.2, 0.25) is 5.95 Å². The van der Waals surface area contributed by atoms with E-state index in [-0.39, 0.29) is 5.54 Å². The van der Waals surface area contributed by atoms with Crippen LogP contribution in [-0.2, 0) is 6.42 Å². The summed E-state index contributed by atoms with van der Waals surface area (Å²) < 4.78 is 5.43. The second-order valence-electron chi connectivity index (χ2n) is 7.69. The maximum atomic E-state index is 5.43. The lowest BCUT2D eigenvalue weighted by molar-refractivity contribution is 0.410. The number of methoxy groups -OCH3 is 1. The predicted molar refractivity (Wildman–Crippen MR) is 116 cm³/mol. The zero-order valence-corrected chi connectivity index (χ0v) is 17.0. The summed E-state index contributed by atoms with van der Waals surface area (Å²) in [5.74, 6) is 2.32. The fraction of sp³-hybridized carbons (Fsp3) is 0.304. The van der Waals surface area contributed by atoms with Crippen LogP contribution in [-0.4, -0.2) is 29.2 Å². The number of nitrogens with zero attached hydrogens (tertiary/aromatic N) is 2. The van der Waals surface area contributed by atoms with Crippen molar-refractivity contribution in [1.82, 2.24) is 9.97 Å². The first kappa shape index (κ1) is 19.7. The third kappa shape index (κ3) is 5.46. The number of nitrogens with one attached hydrogen (secondary N) is 2. The van der Waals surface area contributed by atoms with Crippen molar-refractivity contribution in [1.29, 1.82) is 0 Å². The van der Waals surface area contributed by atoms with Crippen LogP contribution in [0.1, 0.15) is 26.3 Å². The molecule has 0 aliphatic rings. The predicted octanol–water partition coefficient (Wildman–Crippen LogP) is 5.02. The van der Waals surface area contributed by atoms with Gasteiger partial charge in [-0.15, -0.1) is 0 Å². The number of hydrogen-bond acceptors (Lipinski definition) is 5. The van der Waals surface area contributed by atoms with E-state index in [4.69, 9.17) is 9.72 Å². The van der Waals surface area contributed by atoms with Crippen molar-refractivity contribution in [3.05, 3.63) is 66.2 Å². The van der Waals surface area contributed by atoms with Gasteiger partial charge in [-0.05, 0) is 38.8 Å². The van der Waals surface area contributed by atoms with Gasteiger partial charge in [0.25, 0.3) is 0 Å². The molecule has 3 aromatic rings. The van der Waals surface area contributed by atoms with Crippen LogP contribution in [0.15, 0.2) is 60.7 Å². The molecule has 0 saturated heterocycles. The van der Waals surface area contributed by atoms with Gasteiger partial charge in [-0.3, -0.25) is 0 Å². The molecule has 0 atom stereocenters. The number of rotatable bonds is 7. The fourth-order valence-corrected chi connectivity index (χ4v) is 2.95. The van der Waals surface area contributed by atoms with Crippen molar-refractivity contribution in [3.63, 3.8) is 0 Å². The molecule has 0 aliphatic heterocycles. The van der Waals surface area contributed by atoms with Gasteiger partial charge in [-0.25, -0.2) is 4.98 Å². The van der Waals surface area contributed by atoms with E-state index in [0.29, 0.717) is 12.5 Å². The lowest BCUT2D eigenvalue weighted by Crippen LogP contribution is -2.27. The maximum absolute atomic E-state index is 5.43. The Morgan fingerprint density at radius 1 is 0.929 bits per heavy atom. The third-order valence-electron chi connectivity index (χ3n) is 4.17. The Balaban J connectivity index is 1.80. The van der Waals surface area contributed by atoms with E-state index in [0.717, 1.165) is 34.8 Å². The van der Waals surface area contributed by atoms with Crippen LogP contribution in [0.5, 0.6) is 5.75 Å². The first-order chi connectivity index (χ1) is 13.4. The highest BCUT2D eigenvalue weighted by Crippen LogP contribution is 2.23. The maximum Gasteiger partial charge on any atom is 0.225 e. The quantitative estimate of drug-likeness (QED) is 0.606. The smallest absolute Gasteiger partial charge is 0.225 e. The summed E-state index contributed by atoms with van der Waals surface area (Å²) in [5.41, 5.74) is 3.03. The Morgan fingerprint density at radius 2 is 1.64 bits per heavy atom. The monoisotopic (exact) mass is 376 g/mol. The molecule has 0 aliphatic carbocycles. The average Bonchev–Trinajstić information content (AvgIpc) is 2.67. The molecule has 2 aromatic carbocycles. The molecule has 5 heteroatoms. The SMILES string of the molecule is COc1ccccc1CCNc1nc(NC(C)(C)C)cc(-c2ccccc2)n1. The summed E-state index contributed by atoms with van der Waals surface area (Å²) in [4.78, 5) is 9.37. The lowest BCUT2D eigenvalue weighted by atomic mass is 10.1. The molecule has 0 saturated carbocycles.